The second-order valence-electron chi connectivity index (χ2n) is 28.7. The third-order valence-corrected chi connectivity index (χ3v) is 17.7. The summed E-state index contributed by atoms with van der Waals surface area (Å²) in [6.07, 6.45) is 25.5. The summed E-state index contributed by atoms with van der Waals surface area (Å²) < 4.78 is 36.4. The molecule has 6 unspecified atom stereocenters. The van der Waals surface area contributed by atoms with E-state index in [9.17, 15) is 19.2 Å². The zero-order chi connectivity index (χ0) is 61.7. The van der Waals surface area contributed by atoms with Gasteiger partial charge in [-0.3, -0.25) is 28.8 Å². The molecule has 0 radical (unpaired) electrons. The van der Waals surface area contributed by atoms with Gasteiger partial charge in [0.15, 0.2) is 0 Å². The van der Waals surface area contributed by atoms with Crippen molar-refractivity contribution in [2.45, 2.75) is 263 Å². The quantitative estimate of drug-likeness (QED) is 0.0249. The number of unbranched alkanes of at least 4 members (excludes halogenated alkanes) is 8. The Morgan fingerprint density at radius 3 is 1.26 bits per heavy atom. The Balaban J connectivity index is 2.79. The van der Waals surface area contributed by atoms with Crippen LogP contribution < -0.4 is 0 Å². The minimum atomic E-state index is -1.27. The van der Waals surface area contributed by atoms with E-state index in [2.05, 4.69) is 54.0 Å². The average Bonchev–Trinajstić information content (AvgIpc) is 3.49. The van der Waals surface area contributed by atoms with Gasteiger partial charge in [-0.25, -0.2) is 0 Å². The van der Waals surface area contributed by atoms with Gasteiger partial charge in [-0.05, 0) is 238 Å². The van der Waals surface area contributed by atoms with Crippen molar-refractivity contribution in [2.75, 3.05) is 39.6 Å². The van der Waals surface area contributed by atoms with Gasteiger partial charge in [0, 0.05) is 0 Å². The van der Waals surface area contributed by atoms with Crippen LogP contribution in [0.1, 0.15) is 263 Å². The fourth-order valence-corrected chi connectivity index (χ4v) is 14.5. The van der Waals surface area contributed by atoms with Crippen LogP contribution in [0.4, 0.5) is 0 Å². The average molecular weight is 1150 g/mol. The Bertz CT molecular complexity index is 2040. The van der Waals surface area contributed by atoms with Crippen molar-refractivity contribution >= 4 is 35.8 Å². The molecule has 2 heterocycles. The highest BCUT2D eigenvalue weighted by molar-refractivity contribution is 5.81. The summed E-state index contributed by atoms with van der Waals surface area (Å²) in [5.74, 6) is -1.93. The molecule has 470 valence electrons. The molecular weight excluding hydrogens is 1030 g/mol. The van der Waals surface area contributed by atoms with E-state index >= 15 is 9.59 Å². The Hall–Kier alpha value is -4.22. The molecule has 2 saturated heterocycles. The number of allylic oxidation sites excluding steroid dienone is 4. The second kappa shape index (κ2) is 35.3. The number of hydrogen-bond acceptors (Lipinski definition) is 12. The van der Waals surface area contributed by atoms with Crippen molar-refractivity contribution in [3.8, 4) is 0 Å². The number of carbonyl (C=O) groups is 6. The van der Waals surface area contributed by atoms with Crippen molar-refractivity contribution < 1.29 is 57.2 Å². The largest absolute Gasteiger partial charge is 0.465 e. The van der Waals surface area contributed by atoms with Crippen LogP contribution in [0.5, 0.6) is 0 Å². The van der Waals surface area contributed by atoms with Gasteiger partial charge in [0.25, 0.3) is 0 Å². The Morgan fingerprint density at radius 1 is 0.488 bits per heavy atom. The van der Waals surface area contributed by atoms with Crippen LogP contribution in [0.3, 0.4) is 0 Å². The summed E-state index contributed by atoms with van der Waals surface area (Å²) in [5, 5.41) is 0. The lowest BCUT2D eigenvalue weighted by Crippen LogP contribution is -2.46. The van der Waals surface area contributed by atoms with Gasteiger partial charge in [-0.1, -0.05) is 71.8 Å². The second-order valence-corrected chi connectivity index (χ2v) is 28.7. The van der Waals surface area contributed by atoms with Gasteiger partial charge in [0.1, 0.15) is 0 Å². The first-order chi connectivity index (χ1) is 38.4. The summed E-state index contributed by atoms with van der Waals surface area (Å²) in [5.41, 5.74) is -7.29. The third kappa shape index (κ3) is 25.6. The molecular formula is C70H118O12. The first-order valence-corrected chi connectivity index (χ1v) is 31.9. The van der Waals surface area contributed by atoms with Gasteiger partial charge >= 0.3 is 35.8 Å². The molecule has 0 bridgehead atoms. The standard InChI is InChI=1S/C70H118O12/c1-17-22-26-32-40-77-57(71)65(10,11)50-63(6,7)51-69(15,61(75)81-42-34-28-24-19-3)52-64(8,9)53-70(16,62(76)82-43-35-29-25-20-4)54-68(14,60(74)80-41-33-27-23-18-2)49-56-39-31-37-45-79-59(73)67(13,48-56)47-55-38-30-36-44-78-58(72)66(12,21-5)46-55/h17-20,55-56H,1-4,21-54H2,5-16H3/t55?,56?,66?,67?,68-,69?,70?/m1/s1. The van der Waals surface area contributed by atoms with E-state index in [0.717, 1.165) is 89.9 Å². The summed E-state index contributed by atoms with van der Waals surface area (Å²) >= 11 is 0. The van der Waals surface area contributed by atoms with Crippen molar-refractivity contribution in [1.29, 1.82) is 0 Å². The van der Waals surface area contributed by atoms with Crippen LogP contribution in [-0.4, -0.2) is 75.5 Å². The molecule has 2 aliphatic heterocycles. The lowest BCUT2D eigenvalue weighted by Gasteiger charge is -2.46. The molecule has 2 aliphatic rings. The summed E-state index contributed by atoms with van der Waals surface area (Å²) in [7, 11) is 0. The highest BCUT2D eigenvalue weighted by Crippen LogP contribution is 2.54. The number of hydrogen-bond donors (Lipinski definition) is 0. The lowest BCUT2D eigenvalue weighted by molar-refractivity contribution is -0.168. The Labute approximate surface area is 499 Å². The summed E-state index contributed by atoms with van der Waals surface area (Å²) in [6, 6.07) is 0. The molecule has 0 aromatic carbocycles. The maximum Gasteiger partial charge on any atom is 0.311 e. The molecule has 2 rings (SSSR count). The highest BCUT2D eigenvalue weighted by atomic mass is 16.6. The predicted molar refractivity (Wildman–Crippen MR) is 330 cm³/mol. The molecule has 0 spiro atoms. The van der Waals surface area contributed by atoms with E-state index in [-0.39, 0.29) is 68.4 Å². The van der Waals surface area contributed by atoms with E-state index in [0.29, 0.717) is 96.9 Å². The molecule has 7 atom stereocenters. The Morgan fingerprint density at radius 2 is 0.841 bits per heavy atom. The van der Waals surface area contributed by atoms with Gasteiger partial charge in [-0.15, -0.1) is 26.3 Å². The topological polar surface area (TPSA) is 158 Å². The number of cyclic esters (lactones) is 2. The fourth-order valence-electron chi connectivity index (χ4n) is 14.5. The fraction of sp³-hybridized carbons (Fsp3) is 0.800. The van der Waals surface area contributed by atoms with Crippen molar-refractivity contribution in [1.82, 2.24) is 0 Å². The smallest absolute Gasteiger partial charge is 0.311 e. The lowest BCUT2D eigenvalue weighted by atomic mass is 9.58. The van der Waals surface area contributed by atoms with Crippen molar-refractivity contribution in [2.24, 2.45) is 55.2 Å². The van der Waals surface area contributed by atoms with Crippen LogP contribution in [0.15, 0.2) is 50.6 Å². The molecule has 0 amide bonds. The molecule has 0 saturated carbocycles. The van der Waals surface area contributed by atoms with Crippen molar-refractivity contribution in [3.05, 3.63) is 50.6 Å². The van der Waals surface area contributed by atoms with Crippen molar-refractivity contribution in [3.63, 3.8) is 0 Å². The van der Waals surface area contributed by atoms with Crippen LogP contribution in [0.2, 0.25) is 0 Å². The maximum absolute atomic E-state index is 15.2. The summed E-state index contributed by atoms with van der Waals surface area (Å²) in [4.78, 5) is 86.9. The number of esters is 6. The van der Waals surface area contributed by atoms with Crippen LogP contribution in [0.25, 0.3) is 0 Å². The van der Waals surface area contributed by atoms with E-state index in [1.165, 1.54) is 0 Å². The van der Waals surface area contributed by atoms with Gasteiger partial charge in [-0.2, -0.15) is 0 Å². The third-order valence-electron chi connectivity index (χ3n) is 17.7. The molecule has 82 heavy (non-hydrogen) atoms. The molecule has 0 aliphatic carbocycles. The molecule has 0 aromatic rings. The molecule has 12 heteroatoms. The normalized spacial score (nSPS) is 22.6. The SMILES string of the molecule is C=CCCCCOC(=O)C(C)(C)CC(C)(C)CC(C)(CC(C)(C)CC(C)(C[C@@](C)(CC1CCCCOC(=O)C(C)(CC2CCCCOC(=O)C(C)(CC)C2)C1)C(=O)OCCCCC=C)C(=O)OCCCCC=C)C(=O)OCCCCC=C. The molecule has 0 N–H and O–H groups in total. The minimum Gasteiger partial charge on any atom is -0.465 e. The first-order valence-electron chi connectivity index (χ1n) is 31.9. The minimum absolute atomic E-state index is 0.0597. The van der Waals surface area contributed by atoms with Gasteiger partial charge in [0.2, 0.25) is 0 Å². The molecule has 0 aromatic heterocycles. The number of rotatable bonds is 39. The Kier molecular flexibility index (Phi) is 31.8. The van der Waals surface area contributed by atoms with Crippen LogP contribution >= 0.6 is 0 Å². The highest BCUT2D eigenvalue weighted by Gasteiger charge is 2.53. The zero-order valence-corrected chi connectivity index (χ0v) is 54.2. The van der Waals surface area contributed by atoms with E-state index < -0.39 is 55.3 Å². The van der Waals surface area contributed by atoms with Gasteiger partial charge < -0.3 is 28.4 Å². The predicted octanol–water partition coefficient (Wildman–Crippen LogP) is 17.3. The summed E-state index contributed by atoms with van der Waals surface area (Å²) in [6.45, 7) is 41.1. The number of carbonyl (C=O) groups excluding carboxylic acids is 6. The van der Waals surface area contributed by atoms with E-state index in [1.807, 2.05) is 79.7 Å². The maximum atomic E-state index is 15.2. The van der Waals surface area contributed by atoms with E-state index in [4.69, 9.17) is 28.4 Å². The molecule has 2 fully saturated rings. The van der Waals surface area contributed by atoms with Crippen LogP contribution in [0, 0.1) is 55.2 Å². The zero-order valence-electron chi connectivity index (χ0n) is 54.2. The van der Waals surface area contributed by atoms with Gasteiger partial charge in [0.05, 0.1) is 72.1 Å². The first kappa shape index (κ1) is 73.9. The monoisotopic (exact) mass is 1150 g/mol. The molecule has 12 nitrogen and oxygen atoms in total. The van der Waals surface area contributed by atoms with E-state index in [1.54, 1.807) is 0 Å². The van der Waals surface area contributed by atoms with Crippen LogP contribution in [-0.2, 0) is 57.2 Å². The number of ether oxygens (including phenoxy) is 6.